The van der Waals surface area contributed by atoms with Crippen molar-refractivity contribution in [1.82, 2.24) is 10.2 Å². The van der Waals surface area contributed by atoms with Gasteiger partial charge in [0.15, 0.2) is 0 Å². The van der Waals surface area contributed by atoms with E-state index >= 15 is 0 Å². The van der Waals surface area contributed by atoms with Gasteiger partial charge in [0.1, 0.15) is 0 Å². The number of benzene rings is 2. The van der Waals surface area contributed by atoms with Crippen molar-refractivity contribution in [1.29, 1.82) is 0 Å². The lowest BCUT2D eigenvalue weighted by Crippen LogP contribution is -2.36. The maximum absolute atomic E-state index is 12.6. The molecule has 5 rings (SSSR count). The van der Waals surface area contributed by atoms with Crippen LogP contribution in [-0.4, -0.2) is 55.7 Å². The van der Waals surface area contributed by atoms with Crippen molar-refractivity contribution in [3.63, 3.8) is 0 Å². The highest BCUT2D eigenvalue weighted by Gasteiger charge is 2.31. The van der Waals surface area contributed by atoms with E-state index in [2.05, 4.69) is 28.4 Å². The smallest absolute Gasteiger partial charge is 0.334 e. The first-order chi connectivity index (χ1) is 15.6. The summed E-state index contributed by atoms with van der Waals surface area (Å²) < 4.78 is 5.30. The van der Waals surface area contributed by atoms with E-state index in [0.717, 1.165) is 67.0 Å². The standard InChI is InChI=1S/C26H29N3O3/c1-2-32-26(31)22-16-21-15-20(9-10-23(21)29-14-11-27-24(29)17-22)18-5-7-19(8-6-18)25(30)28-12-3-4-13-28/h5-10,15-16,24,27H,2-4,11-14,17H2,1H3/t24-/m0/s1. The third-order valence-corrected chi connectivity index (χ3v) is 6.58. The molecule has 0 aliphatic carbocycles. The molecule has 3 aliphatic heterocycles. The summed E-state index contributed by atoms with van der Waals surface area (Å²) in [6.07, 6.45) is 4.88. The molecule has 0 bridgehead atoms. The highest BCUT2D eigenvalue weighted by molar-refractivity contribution is 5.97. The van der Waals surface area contributed by atoms with Gasteiger partial charge in [0, 0.05) is 49.4 Å². The Morgan fingerprint density at radius 2 is 1.78 bits per heavy atom. The lowest BCUT2D eigenvalue weighted by Gasteiger charge is -2.26. The van der Waals surface area contributed by atoms with Crippen LogP contribution in [0.1, 0.15) is 42.1 Å². The molecule has 1 N–H and O–H groups in total. The Labute approximate surface area is 188 Å². The quantitative estimate of drug-likeness (QED) is 0.749. The normalized spacial score (nSPS) is 19.8. The number of likely N-dealkylation sites (tertiary alicyclic amines) is 1. The summed E-state index contributed by atoms with van der Waals surface area (Å²) in [5, 5.41) is 3.49. The molecule has 2 saturated heterocycles. The Bertz CT molecular complexity index is 1050. The lowest BCUT2D eigenvalue weighted by molar-refractivity contribution is -0.138. The first-order valence-corrected chi connectivity index (χ1v) is 11.6. The van der Waals surface area contributed by atoms with E-state index in [1.54, 1.807) is 0 Å². The fourth-order valence-electron chi connectivity index (χ4n) is 4.93. The van der Waals surface area contributed by atoms with E-state index in [0.29, 0.717) is 18.6 Å². The van der Waals surface area contributed by atoms with Crippen LogP contribution in [0.15, 0.2) is 48.0 Å². The summed E-state index contributed by atoms with van der Waals surface area (Å²) in [6.45, 7) is 5.72. The molecule has 2 aromatic rings. The van der Waals surface area contributed by atoms with Crippen molar-refractivity contribution in [2.75, 3.05) is 37.7 Å². The highest BCUT2D eigenvalue weighted by atomic mass is 16.5. The lowest BCUT2D eigenvalue weighted by atomic mass is 9.99. The topological polar surface area (TPSA) is 61.9 Å². The maximum atomic E-state index is 12.6. The Kier molecular flexibility index (Phi) is 5.70. The molecule has 0 saturated carbocycles. The molecule has 0 unspecified atom stereocenters. The number of ether oxygens (including phenoxy) is 1. The van der Waals surface area contributed by atoms with Gasteiger partial charge >= 0.3 is 5.97 Å². The molecule has 1 atom stereocenters. The largest absolute Gasteiger partial charge is 0.463 e. The van der Waals surface area contributed by atoms with E-state index < -0.39 is 0 Å². The number of rotatable bonds is 4. The van der Waals surface area contributed by atoms with Gasteiger partial charge in [-0.05, 0) is 66.8 Å². The van der Waals surface area contributed by atoms with Gasteiger partial charge in [0.2, 0.25) is 0 Å². The van der Waals surface area contributed by atoms with E-state index in [1.807, 2.05) is 42.2 Å². The zero-order valence-electron chi connectivity index (χ0n) is 18.5. The second-order valence-corrected chi connectivity index (χ2v) is 8.61. The molecule has 1 amide bonds. The van der Waals surface area contributed by atoms with Crippen LogP contribution in [0.25, 0.3) is 17.2 Å². The summed E-state index contributed by atoms with van der Waals surface area (Å²) >= 11 is 0. The average molecular weight is 432 g/mol. The Morgan fingerprint density at radius 3 is 2.53 bits per heavy atom. The third-order valence-electron chi connectivity index (χ3n) is 6.58. The van der Waals surface area contributed by atoms with Crippen LogP contribution in [0.2, 0.25) is 0 Å². The summed E-state index contributed by atoms with van der Waals surface area (Å²) in [6, 6.07) is 14.2. The van der Waals surface area contributed by atoms with Crippen LogP contribution in [0, 0.1) is 0 Å². The molecule has 0 aromatic heterocycles. The summed E-state index contributed by atoms with van der Waals surface area (Å²) in [4.78, 5) is 29.5. The Morgan fingerprint density at radius 1 is 1.03 bits per heavy atom. The third kappa shape index (κ3) is 3.91. The predicted molar refractivity (Wildman–Crippen MR) is 125 cm³/mol. The monoisotopic (exact) mass is 431 g/mol. The first kappa shape index (κ1) is 20.8. The summed E-state index contributed by atoms with van der Waals surface area (Å²) in [5.74, 6) is -0.130. The first-order valence-electron chi connectivity index (χ1n) is 11.6. The van der Waals surface area contributed by atoms with Crippen molar-refractivity contribution < 1.29 is 14.3 Å². The minimum Gasteiger partial charge on any atom is -0.463 e. The molecule has 0 spiro atoms. The number of amides is 1. The summed E-state index contributed by atoms with van der Waals surface area (Å²) in [7, 11) is 0. The van der Waals surface area contributed by atoms with Gasteiger partial charge in [-0.2, -0.15) is 0 Å². The van der Waals surface area contributed by atoms with Crippen molar-refractivity contribution in [2.24, 2.45) is 0 Å². The molecule has 32 heavy (non-hydrogen) atoms. The number of esters is 1. The number of fused-ring (bicyclic) bond motifs is 3. The van der Waals surface area contributed by atoms with E-state index in [4.69, 9.17) is 4.74 Å². The molecule has 2 fully saturated rings. The van der Waals surface area contributed by atoms with Crippen LogP contribution < -0.4 is 10.2 Å². The molecule has 166 valence electrons. The van der Waals surface area contributed by atoms with Crippen molar-refractivity contribution >= 4 is 23.6 Å². The number of anilines is 1. The minimum absolute atomic E-state index is 0.105. The second-order valence-electron chi connectivity index (χ2n) is 8.61. The average Bonchev–Trinajstić information content (AvgIpc) is 3.49. The van der Waals surface area contributed by atoms with Crippen LogP contribution in [0.3, 0.4) is 0 Å². The van der Waals surface area contributed by atoms with Crippen molar-refractivity contribution in [2.45, 2.75) is 32.4 Å². The van der Waals surface area contributed by atoms with Gasteiger partial charge < -0.3 is 14.5 Å². The number of carbonyl (C=O) groups is 2. The molecule has 2 aromatic carbocycles. The van der Waals surface area contributed by atoms with Crippen molar-refractivity contribution in [3.8, 4) is 11.1 Å². The molecule has 3 heterocycles. The van der Waals surface area contributed by atoms with Crippen LogP contribution in [0.5, 0.6) is 0 Å². The number of nitrogens with zero attached hydrogens (tertiary/aromatic N) is 2. The zero-order chi connectivity index (χ0) is 22.1. The van der Waals surface area contributed by atoms with Crippen LogP contribution in [-0.2, 0) is 9.53 Å². The van der Waals surface area contributed by atoms with E-state index in [1.165, 1.54) is 0 Å². The molecular weight excluding hydrogens is 402 g/mol. The SMILES string of the molecule is CCOC(=O)C1=Cc2cc(-c3ccc(C(=O)N4CCCC4)cc3)ccc2N2CCN[C@@H]2C1. The highest BCUT2D eigenvalue weighted by Crippen LogP contribution is 2.35. The number of nitrogens with one attached hydrogen (secondary N) is 1. The van der Waals surface area contributed by atoms with Gasteiger partial charge in [-0.25, -0.2) is 4.79 Å². The molecule has 6 nitrogen and oxygen atoms in total. The van der Waals surface area contributed by atoms with Gasteiger partial charge in [-0.3, -0.25) is 10.1 Å². The zero-order valence-corrected chi connectivity index (χ0v) is 18.5. The molecule has 0 radical (unpaired) electrons. The molecular formula is C26H29N3O3. The van der Waals surface area contributed by atoms with Crippen LogP contribution >= 0.6 is 0 Å². The van der Waals surface area contributed by atoms with E-state index in [-0.39, 0.29) is 18.0 Å². The van der Waals surface area contributed by atoms with Gasteiger partial charge in [0.05, 0.1) is 12.8 Å². The van der Waals surface area contributed by atoms with Crippen LogP contribution in [0.4, 0.5) is 5.69 Å². The van der Waals surface area contributed by atoms with Gasteiger partial charge in [-0.1, -0.05) is 18.2 Å². The van der Waals surface area contributed by atoms with Gasteiger partial charge in [-0.15, -0.1) is 0 Å². The Hall–Kier alpha value is -3.12. The molecule has 3 aliphatic rings. The minimum atomic E-state index is -0.246. The molecule has 6 heteroatoms. The van der Waals surface area contributed by atoms with Gasteiger partial charge in [0.25, 0.3) is 5.91 Å². The number of carbonyl (C=O) groups excluding carboxylic acids is 2. The fourth-order valence-corrected chi connectivity index (χ4v) is 4.93. The summed E-state index contributed by atoms with van der Waals surface area (Å²) in [5.41, 5.74) is 5.70. The Balaban J connectivity index is 1.46. The fraction of sp³-hybridized carbons (Fsp3) is 0.385. The number of hydrogen-bond donors (Lipinski definition) is 1. The predicted octanol–water partition coefficient (Wildman–Crippen LogP) is 3.68. The second kappa shape index (κ2) is 8.79. The number of hydrogen-bond acceptors (Lipinski definition) is 5. The van der Waals surface area contributed by atoms with Crippen molar-refractivity contribution in [3.05, 3.63) is 59.2 Å². The van der Waals surface area contributed by atoms with E-state index in [9.17, 15) is 9.59 Å². The maximum Gasteiger partial charge on any atom is 0.334 e.